The van der Waals surface area contributed by atoms with Crippen molar-refractivity contribution in [2.45, 2.75) is 32.0 Å². The third-order valence-corrected chi connectivity index (χ3v) is 2.19. The van der Waals surface area contributed by atoms with E-state index in [4.69, 9.17) is 0 Å². The van der Waals surface area contributed by atoms with Crippen molar-refractivity contribution in [3.05, 3.63) is 24.0 Å². The minimum atomic E-state index is -5.52. The molecule has 0 unspecified atom stereocenters. The minimum Gasteiger partial charge on any atom is -0.385 e. The Morgan fingerprint density at radius 1 is 1.20 bits per heavy atom. The van der Waals surface area contributed by atoms with Gasteiger partial charge in [0.05, 0.1) is 12.3 Å². The van der Waals surface area contributed by atoms with E-state index in [0.717, 1.165) is 0 Å². The quantitative estimate of drug-likeness (QED) is 0.845. The van der Waals surface area contributed by atoms with E-state index in [9.17, 15) is 26.3 Å². The van der Waals surface area contributed by atoms with E-state index in [2.05, 4.69) is 15.0 Å². The maximum absolute atomic E-state index is 12.2. The molecule has 0 bridgehead atoms. The van der Waals surface area contributed by atoms with Crippen LogP contribution in [-0.2, 0) is 11.3 Å². The summed E-state index contributed by atoms with van der Waals surface area (Å²) in [6.45, 7) is 1.46. The minimum absolute atomic E-state index is 0.0260. The van der Waals surface area contributed by atoms with Crippen molar-refractivity contribution < 1.29 is 31.1 Å². The third kappa shape index (κ3) is 4.87. The van der Waals surface area contributed by atoms with Gasteiger partial charge in [-0.25, -0.2) is 0 Å². The molecule has 1 N–H and O–H groups in total. The van der Waals surface area contributed by atoms with Gasteiger partial charge in [0.25, 0.3) is 0 Å². The van der Waals surface area contributed by atoms with E-state index in [1.807, 2.05) is 0 Å². The van der Waals surface area contributed by atoms with Crippen LogP contribution in [0, 0.1) is 0 Å². The molecule has 0 saturated carbocycles. The van der Waals surface area contributed by atoms with Gasteiger partial charge in [0, 0.05) is 18.4 Å². The first-order valence-corrected chi connectivity index (χ1v) is 5.58. The molecule has 1 aromatic rings. The van der Waals surface area contributed by atoms with Crippen LogP contribution in [0.4, 0.5) is 32.0 Å². The van der Waals surface area contributed by atoms with E-state index in [-0.39, 0.29) is 5.69 Å². The smallest absolute Gasteiger partial charge is 0.385 e. The second-order valence-corrected chi connectivity index (χ2v) is 3.84. The topological polar surface area (TPSA) is 34.2 Å². The summed E-state index contributed by atoms with van der Waals surface area (Å²) < 4.78 is 77.4. The molecule has 1 aromatic heterocycles. The highest BCUT2D eigenvalue weighted by atomic mass is 19.4. The van der Waals surface area contributed by atoms with Crippen LogP contribution in [-0.4, -0.2) is 30.0 Å². The van der Waals surface area contributed by atoms with Gasteiger partial charge in [0.2, 0.25) is 6.10 Å². The van der Waals surface area contributed by atoms with Gasteiger partial charge in [-0.05, 0) is 19.1 Å². The molecule has 114 valence electrons. The van der Waals surface area contributed by atoms with E-state index in [1.54, 1.807) is 6.92 Å². The van der Waals surface area contributed by atoms with Crippen LogP contribution in [0.2, 0.25) is 0 Å². The van der Waals surface area contributed by atoms with Gasteiger partial charge >= 0.3 is 12.4 Å². The molecular formula is C11H12F6N2O. The number of nitrogens with one attached hydrogen (secondary N) is 1. The predicted molar refractivity (Wildman–Crippen MR) is 59.1 cm³/mol. The van der Waals surface area contributed by atoms with Crippen LogP contribution in [0.1, 0.15) is 12.6 Å². The number of aromatic nitrogens is 1. The summed E-state index contributed by atoms with van der Waals surface area (Å²) >= 11 is 0. The highest BCUT2D eigenvalue weighted by Crippen LogP contribution is 2.36. The first kappa shape index (κ1) is 16.5. The lowest BCUT2D eigenvalue weighted by molar-refractivity contribution is -0.324. The molecule has 0 aliphatic heterocycles. The van der Waals surface area contributed by atoms with Crippen molar-refractivity contribution in [1.29, 1.82) is 0 Å². The van der Waals surface area contributed by atoms with Gasteiger partial charge in [0.15, 0.2) is 0 Å². The number of pyridine rings is 1. The van der Waals surface area contributed by atoms with Crippen molar-refractivity contribution in [2.75, 3.05) is 11.9 Å². The average molecular weight is 302 g/mol. The van der Waals surface area contributed by atoms with Crippen molar-refractivity contribution >= 4 is 5.69 Å². The molecule has 0 aliphatic carbocycles. The predicted octanol–water partition coefficient (Wildman–Crippen LogP) is 3.52. The zero-order valence-electron chi connectivity index (χ0n) is 10.3. The summed E-state index contributed by atoms with van der Waals surface area (Å²) in [6.07, 6.45) is -13.6. The summed E-state index contributed by atoms with van der Waals surface area (Å²) in [7, 11) is 0. The second-order valence-electron chi connectivity index (χ2n) is 3.84. The number of anilines is 1. The fraction of sp³-hybridized carbons (Fsp3) is 0.545. The first-order chi connectivity index (χ1) is 9.14. The first-order valence-electron chi connectivity index (χ1n) is 5.58. The molecule has 3 nitrogen and oxygen atoms in total. The summed E-state index contributed by atoms with van der Waals surface area (Å²) in [5.74, 6) is 0. The van der Waals surface area contributed by atoms with Crippen molar-refractivity contribution in [2.24, 2.45) is 0 Å². The van der Waals surface area contributed by atoms with E-state index in [0.29, 0.717) is 12.2 Å². The maximum atomic E-state index is 12.2. The highest BCUT2D eigenvalue weighted by molar-refractivity contribution is 5.42. The van der Waals surface area contributed by atoms with Crippen LogP contribution in [0.25, 0.3) is 0 Å². The van der Waals surface area contributed by atoms with Crippen LogP contribution in [0.5, 0.6) is 0 Å². The Balaban J connectivity index is 2.75. The van der Waals surface area contributed by atoms with Crippen LogP contribution in [0.3, 0.4) is 0 Å². The molecule has 9 heteroatoms. The monoisotopic (exact) mass is 302 g/mol. The zero-order valence-corrected chi connectivity index (χ0v) is 10.3. The molecule has 1 rings (SSSR count). The third-order valence-electron chi connectivity index (χ3n) is 2.19. The molecule has 0 aliphatic rings. The fourth-order valence-electron chi connectivity index (χ4n) is 1.41. The Morgan fingerprint density at radius 3 is 2.30 bits per heavy atom. The molecule has 0 amide bonds. The summed E-state index contributed by atoms with van der Waals surface area (Å²) in [5.41, 5.74) is 0.513. The number of ether oxygens (including phenoxy) is 1. The highest BCUT2D eigenvalue weighted by Gasteiger charge is 2.57. The Morgan fingerprint density at radius 2 is 1.80 bits per heavy atom. The SMILES string of the molecule is CCNc1ccnc(COC(C(F)(F)F)C(F)(F)F)c1. The molecule has 0 radical (unpaired) electrons. The lowest BCUT2D eigenvalue weighted by Crippen LogP contribution is -2.44. The number of halogens is 6. The van der Waals surface area contributed by atoms with Crippen LogP contribution in [0.15, 0.2) is 18.3 Å². The summed E-state index contributed by atoms with van der Waals surface area (Å²) in [5, 5.41) is 2.86. The van der Waals surface area contributed by atoms with Gasteiger partial charge in [0.1, 0.15) is 0 Å². The second kappa shape index (κ2) is 6.29. The lowest BCUT2D eigenvalue weighted by Gasteiger charge is -2.22. The summed E-state index contributed by atoms with van der Waals surface area (Å²) in [6, 6.07) is 2.87. The Kier molecular flexibility index (Phi) is 5.21. The van der Waals surface area contributed by atoms with Gasteiger partial charge in [-0.15, -0.1) is 0 Å². The molecule has 0 fully saturated rings. The van der Waals surface area contributed by atoms with Crippen LogP contribution < -0.4 is 5.32 Å². The average Bonchev–Trinajstić information content (AvgIpc) is 2.26. The fourth-order valence-corrected chi connectivity index (χ4v) is 1.41. The van der Waals surface area contributed by atoms with Gasteiger partial charge in [-0.2, -0.15) is 26.3 Å². The molecular weight excluding hydrogens is 290 g/mol. The number of alkyl halides is 6. The normalized spacial score (nSPS) is 12.8. The lowest BCUT2D eigenvalue weighted by atomic mass is 10.3. The Hall–Kier alpha value is -1.51. The molecule has 0 atom stereocenters. The molecule has 0 aromatic carbocycles. The Bertz CT molecular complexity index is 418. The number of hydrogen-bond donors (Lipinski definition) is 1. The summed E-state index contributed by atoms with van der Waals surface area (Å²) in [4.78, 5) is 3.66. The zero-order chi connectivity index (χ0) is 15.4. The molecule has 0 spiro atoms. The van der Waals surface area contributed by atoms with E-state index in [1.165, 1.54) is 18.3 Å². The molecule has 1 heterocycles. The van der Waals surface area contributed by atoms with Crippen molar-refractivity contribution in [3.8, 4) is 0 Å². The van der Waals surface area contributed by atoms with Gasteiger partial charge < -0.3 is 10.1 Å². The Labute approximate surface area is 110 Å². The molecule has 20 heavy (non-hydrogen) atoms. The van der Waals surface area contributed by atoms with Crippen molar-refractivity contribution in [3.63, 3.8) is 0 Å². The van der Waals surface area contributed by atoms with Gasteiger partial charge in [-0.3, -0.25) is 4.98 Å². The standard InChI is InChI=1S/C11H12F6N2O/c1-2-18-7-3-4-19-8(5-7)6-20-9(10(12,13)14)11(15,16)17/h3-5,9H,2,6H2,1H3,(H,18,19). The van der Waals surface area contributed by atoms with Gasteiger partial charge in [-0.1, -0.05) is 0 Å². The molecule has 0 saturated heterocycles. The number of rotatable bonds is 5. The van der Waals surface area contributed by atoms with E-state index < -0.39 is 25.1 Å². The van der Waals surface area contributed by atoms with Crippen molar-refractivity contribution in [1.82, 2.24) is 4.98 Å². The number of hydrogen-bond acceptors (Lipinski definition) is 3. The van der Waals surface area contributed by atoms with Crippen LogP contribution >= 0.6 is 0 Å². The van der Waals surface area contributed by atoms with E-state index >= 15 is 0 Å². The largest absolute Gasteiger partial charge is 0.423 e. The maximum Gasteiger partial charge on any atom is 0.423 e. The number of nitrogens with zero attached hydrogens (tertiary/aromatic N) is 1.